The molecule has 0 aliphatic carbocycles. The maximum Gasteiger partial charge on any atom is 0.138 e. The Morgan fingerprint density at radius 2 is 2.38 bits per heavy atom. The van der Waals surface area contributed by atoms with Crippen molar-refractivity contribution >= 4 is 5.78 Å². The zero-order valence-electron chi connectivity index (χ0n) is 8.26. The van der Waals surface area contributed by atoms with Crippen molar-refractivity contribution in [3.8, 4) is 0 Å². The lowest BCUT2D eigenvalue weighted by Gasteiger charge is -2.30. The predicted octanol–water partition coefficient (Wildman–Crippen LogP) is 1.65. The van der Waals surface area contributed by atoms with Crippen LogP contribution in [0.15, 0.2) is 0 Å². The lowest BCUT2D eigenvalue weighted by Crippen LogP contribution is -2.41. The molecule has 1 aliphatic rings. The monoisotopic (exact) mass is 187 g/mol. The first-order valence-electron chi connectivity index (χ1n) is 5.09. The summed E-state index contributed by atoms with van der Waals surface area (Å²) in [4.78, 5) is 13.5. The zero-order valence-corrected chi connectivity index (χ0v) is 8.26. The van der Waals surface area contributed by atoms with Crippen LogP contribution in [-0.4, -0.2) is 37.0 Å². The van der Waals surface area contributed by atoms with Gasteiger partial charge in [0.05, 0.1) is 6.67 Å². The molecule has 2 nitrogen and oxygen atoms in total. The van der Waals surface area contributed by atoms with Crippen LogP contribution in [-0.2, 0) is 4.79 Å². The van der Waals surface area contributed by atoms with Gasteiger partial charge < -0.3 is 4.90 Å². The highest BCUT2D eigenvalue weighted by molar-refractivity contribution is 5.82. The van der Waals surface area contributed by atoms with Crippen molar-refractivity contribution in [2.75, 3.05) is 26.3 Å². The molecular weight excluding hydrogens is 169 g/mol. The van der Waals surface area contributed by atoms with Crippen LogP contribution in [0.3, 0.4) is 0 Å². The third-order valence-corrected chi connectivity index (χ3v) is 2.71. The molecule has 3 heteroatoms. The number of nitrogens with zero attached hydrogens (tertiary/aromatic N) is 1. The van der Waals surface area contributed by atoms with Crippen molar-refractivity contribution < 1.29 is 9.18 Å². The van der Waals surface area contributed by atoms with Gasteiger partial charge in [-0.25, -0.2) is 0 Å². The van der Waals surface area contributed by atoms with Crippen molar-refractivity contribution in [2.45, 2.75) is 26.2 Å². The molecule has 0 radical (unpaired) electrons. The molecule has 1 heterocycles. The number of alkyl halides is 1. The minimum absolute atomic E-state index is 0.202. The number of carbonyl (C=O) groups excluding carboxylic acids is 1. The van der Waals surface area contributed by atoms with E-state index in [2.05, 4.69) is 4.90 Å². The third kappa shape index (κ3) is 3.07. The molecule has 76 valence electrons. The van der Waals surface area contributed by atoms with E-state index in [1.54, 1.807) is 0 Å². The van der Waals surface area contributed by atoms with Crippen molar-refractivity contribution in [1.82, 2.24) is 4.90 Å². The summed E-state index contributed by atoms with van der Waals surface area (Å²) in [7, 11) is 0. The quantitative estimate of drug-likeness (QED) is 0.667. The second kappa shape index (κ2) is 5.32. The normalized spacial score (nSPS) is 25.1. The standard InChI is InChI=1S/C10H18FNO/c1-2-9-8-12(6-3-5-11)7-4-10(9)13/h9H,2-8H2,1H3. The Morgan fingerprint density at radius 3 is 3.00 bits per heavy atom. The number of Topliss-reactive ketones (excluding diaryl/α,β-unsaturated/α-hetero) is 1. The number of likely N-dealkylation sites (tertiary alicyclic amines) is 1. The Hall–Kier alpha value is -0.440. The molecule has 0 aromatic carbocycles. The smallest absolute Gasteiger partial charge is 0.138 e. The van der Waals surface area contributed by atoms with Crippen LogP contribution in [0.25, 0.3) is 0 Å². The van der Waals surface area contributed by atoms with E-state index in [0.29, 0.717) is 18.6 Å². The summed E-state index contributed by atoms with van der Waals surface area (Å²) in [5.41, 5.74) is 0. The van der Waals surface area contributed by atoms with Crippen LogP contribution >= 0.6 is 0 Å². The topological polar surface area (TPSA) is 20.3 Å². The first-order chi connectivity index (χ1) is 6.27. The minimum atomic E-state index is -0.249. The highest BCUT2D eigenvalue weighted by Gasteiger charge is 2.24. The zero-order chi connectivity index (χ0) is 9.68. The number of piperidine rings is 1. The van der Waals surface area contributed by atoms with Gasteiger partial charge in [-0.1, -0.05) is 6.92 Å². The Balaban J connectivity index is 2.31. The van der Waals surface area contributed by atoms with Crippen LogP contribution < -0.4 is 0 Å². The molecule has 0 aromatic heterocycles. The lowest BCUT2D eigenvalue weighted by atomic mass is 9.94. The molecule has 0 saturated carbocycles. The lowest BCUT2D eigenvalue weighted by molar-refractivity contribution is -0.126. The van der Waals surface area contributed by atoms with Crippen LogP contribution in [0.4, 0.5) is 4.39 Å². The summed E-state index contributed by atoms with van der Waals surface area (Å²) in [5.74, 6) is 0.590. The maximum atomic E-state index is 11.9. The van der Waals surface area contributed by atoms with Gasteiger partial charge in [-0.15, -0.1) is 0 Å². The highest BCUT2D eigenvalue weighted by Crippen LogP contribution is 2.15. The van der Waals surface area contributed by atoms with E-state index in [1.807, 2.05) is 6.92 Å². The van der Waals surface area contributed by atoms with E-state index < -0.39 is 0 Å². The average Bonchev–Trinajstić information content (AvgIpc) is 2.16. The molecule has 1 unspecified atom stereocenters. The highest BCUT2D eigenvalue weighted by atomic mass is 19.1. The molecule has 0 bridgehead atoms. The van der Waals surface area contributed by atoms with Gasteiger partial charge in [0.1, 0.15) is 5.78 Å². The van der Waals surface area contributed by atoms with E-state index in [9.17, 15) is 9.18 Å². The van der Waals surface area contributed by atoms with E-state index in [4.69, 9.17) is 0 Å². The van der Waals surface area contributed by atoms with E-state index in [1.165, 1.54) is 0 Å². The van der Waals surface area contributed by atoms with Crippen molar-refractivity contribution in [2.24, 2.45) is 5.92 Å². The van der Waals surface area contributed by atoms with E-state index >= 15 is 0 Å². The van der Waals surface area contributed by atoms with Crippen LogP contribution in [0, 0.1) is 5.92 Å². The van der Waals surface area contributed by atoms with Crippen LogP contribution in [0.1, 0.15) is 26.2 Å². The number of carbonyl (C=O) groups is 1. The Morgan fingerprint density at radius 1 is 1.62 bits per heavy atom. The molecule has 0 N–H and O–H groups in total. The van der Waals surface area contributed by atoms with E-state index in [-0.39, 0.29) is 12.6 Å². The van der Waals surface area contributed by atoms with Crippen LogP contribution in [0.2, 0.25) is 0 Å². The molecule has 0 spiro atoms. The average molecular weight is 187 g/mol. The summed E-state index contributed by atoms with van der Waals surface area (Å²) in [6.45, 7) is 4.27. The molecule has 1 saturated heterocycles. The number of rotatable bonds is 4. The van der Waals surface area contributed by atoms with Gasteiger partial charge in [0.15, 0.2) is 0 Å². The molecule has 1 fully saturated rings. The number of hydrogen-bond donors (Lipinski definition) is 0. The summed E-state index contributed by atoms with van der Waals surface area (Å²) < 4.78 is 11.9. The Kier molecular flexibility index (Phi) is 4.36. The first-order valence-corrected chi connectivity index (χ1v) is 5.09. The van der Waals surface area contributed by atoms with Crippen molar-refractivity contribution in [1.29, 1.82) is 0 Å². The molecule has 13 heavy (non-hydrogen) atoms. The fraction of sp³-hybridized carbons (Fsp3) is 0.900. The summed E-state index contributed by atoms with van der Waals surface area (Å²) in [6.07, 6.45) is 2.18. The first kappa shape index (κ1) is 10.6. The number of halogens is 1. The molecule has 0 amide bonds. The van der Waals surface area contributed by atoms with Crippen LogP contribution in [0.5, 0.6) is 0 Å². The van der Waals surface area contributed by atoms with Crippen molar-refractivity contribution in [3.05, 3.63) is 0 Å². The van der Waals surface area contributed by atoms with Gasteiger partial charge in [0.2, 0.25) is 0 Å². The molecule has 1 aliphatic heterocycles. The SMILES string of the molecule is CCC1CN(CCCF)CCC1=O. The Labute approximate surface area is 79.1 Å². The fourth-order valence-corrected chi connectivity index (χ4v) is 1.82. The van der Waals surface area contributed by atoms with E-state index in [0.717, 1.165) is 26.1 Å². The minimum Gasteiger partial charge on any atom is -0.302 e. The second-order valence-electron chi connectivity index (χ2n) is 3.66. The molecule has 1 rings (SSSR count). The van der Waals surface area contributed by atoms with Crippen molar-refractivity contribution in [3.63, 3.8) is 0 Å². The Bertz CT molecular complexity index is 172. The summed E-state index contributed by atoms with van der Waals surface area (Å²) in [6, 6.07) is 0. The van der Waals surface area contributed by atoms with Gasteiger partial charge in [0, 0.05) is 32.0 Å². The third-order valence-electron chi connectivity index (χ3n) is 2.71. The summed E-state index contributed by atoms with van der Waals surface area (Å²) >= 11 is 0. The van der Waals surface area contributed by atoms with Gasteiger partial charge in [0.25, 0.3) is 0 Å². The fourth-order valence-electron chi connectivity index (χ4n) is 1.82. The number of ketones is 1. The maximum absolute atomic E-state index is 11.9. The van der Waals surface area contributed by atoms with Gasteiger partial charge in [-0.3, -0.25) is 9.18 Å². The number of hydrogen-bond acceptors (Lipinski definition) is 2. The predicted molar refractivity (Wildman–Crippen MR) is 50.4 cm³/mol. The molecular formula is C10H18FNO. The van der Waals surface area contributed by atoms with Gasteiger partial charge in [-0.2, -0.15) is 0 Å². The second-order valence-corrected chi connectivity index (χ2v) is 3.66. The largest absolute Gasteiger partial charge is 0.302 e. The van der Waals surface area contributed by atoms with Gasteiger partial charge in [-0.05, 0) is 12.8 Å². The van der Waals surface area contributed by atoms with Gasteiger partial charge >= 0.3 is 0 Å². The molecule has 1 atom stereocenters. The molecule has 0 aromatic rings. The summed E-state index contributed by atoms with van der Waals surface area (Å²) in [5, 5.41) is 0.